The number of hydrogen-bond acceptors (Lipinski definition) is 3. The van der Waals surface area contributed by atoms with E-state index in [1.54, 1.807) is 7.11 Å². The average molecular weight is 267 g/mol. The fourth-order valence-corrected chi connectivity index (χ4v) is 1.94. The number of methoxy groups -OCH3 is 1. The Morgan fingerprint density at radius 1 is 1.33 bits per heavy atom. The zero-order valence-corrected chi connectivity index (χ0v) is 10.2. The van der Waals surface area contributed by atoms with Crippen LogP contribution in [0.4, 0.5) is 0 Å². The molecule has 2 aromatic rings. The molecule has 0 aliphatic carbocycles. The van der Waals surface area contributed by atoms with Crippen LogP contribution in [0.3, 0.4) is 0 Å². The first-order chi connectivity index (χ1) is 7.24. The van der Waals surface area contributed by atoms with Crippen LogP contribution in [0.2, 0.25) is 0 Å². The van der Waals surface area contributed by atoms with Crippen LogP contribution >= 0.6 is 15.9 Å². The fraction of sp³-hybridized carbons (Fsp3) is 0.273. The van der Waals surface area contributed by atoms with Crippen molar-refractivity contribution in [2.45, 2.75) is 13.3 Å². The minimum absolute atomic E-state index is 0.636. The first kappa shape index (κ1) is 10.4. The SMILES string of the molecule is CCc1nc(Br)nc2ccc(OC)cc12. The summed E-state index contributed by atoms with van der Waals surface area (Å²) in [6.07, 6.45) is 0.880. The second-order valence-electron chi connectivity index (χ2n) is 3.18. The Hall–Kier alpha value is -1.16. The van der Waals surface area contributed by atoms with Crippen molar-refractivity contribution in [2.24, 2.45) is 0 Å². The summed E-state index contributed by atoms with van der Waals surface area (Å²) in [6, 6.07) is 5.82. The standard InChI is InChI=1S/C11H11BrN2O/c1-3-9-8-6-7(15-2)4-5-10(8)14-11(12)13-9/h4-6H,3H2,1-2H3. The predicted octanol–water partition coefficient (Wildman–Crippen LogP) is 2.96. The summed E-state index contributed by atoms with van der Waals surface area (Å²) in [5.41, 5.74) is 1.97. The maximum Gasteiger partial charge on any atom is 0.197 e. The molecule has 0 aliphatic rings. The van der Waals surface area contributed by atoms with Crippen LogP contribution in [0.15, 0.2) is 22.9 Å². The van der Waals surface area contributed by atoms with Gasteiger partial charge in [0.1, 0.15) is 5.75 Å². The number of nitrogens with zero attached hydrogens (tertiary/aromatic N) is 2. The van der Waals surface area contributed by atoms with Crippen LogP contribution in [-0.4, -0.2) is 17.1 Å². The topological polar surface area (TPSA) is 35.0 Å². The van der Waals surface area contributed by atoms with Crippen LogP contribution in [-0.2, 0) is 6.42 Å². The van der Waals surface area contributed by atoms with Gasteiger partial charge in [0.25, 0.3) is 0 Å². The third-order valence-corrected chi connectivity index (χ3v) is 2.64. The molecule has 0 amide bonds. The van der Waals surface area contributed by atoms with E-state index < -0.39 is 0 Å². The normalized spacial score (nSPS) is 10.6. The lowest BCUT2D eigenvalue weighted by Crippen LogP contribution is -1.94. The molecule has 1 aromatic carbocycles. The highest BCUT2D eigenvalue weighted by atomic mass is 79.9. The van der Waals surface area contributed by atoms with Crippen LogP contribution in [0.1, 0.15) is 12.6 Å². The lowest BCUT2D eigenvalue weighted by atomic mass is 10.1. The van der Waals surface area contributed by atoms with Gasteiger partial charge < -0.3 is 4.74 Å². The molecule has 15 heavy (non-hydrogen) atoms. The number of halogens is 1. The van der Waals surface area contributed by atoms with Gasteiger partial charge in [0.2, 0.25) is 0 Å². The molecule has 0 saturated heterocycles. The minimum atomic E-state index is 0.636. The highest BCUT2D eigenvalue weighted by Gasteiger charge is 2.05. The Labute approximate surface area is 96.6 Å². The number of rotatable bonds is 2. The van der Waals surface area contributed by atoms with Crippen molar-refractivity contribution in [1.82, 2.24) is 9.97 Å². The highest BCUT2D eigenvalue weighted by molar-refractivity contribution is 9.10. The molecule has 0 saturated carbocycles. The molecule has 1 heterocycles. The van der Waals surface area contributed by atoms with Crippen molar-refractivity contribution in [1.29, 1.82) is 0 Å². The first-order valence-corrected chi connectivity index (χ1v) is 5.54. The number of hydrogen-bond donors (Lipinski definition) is 0. The molecule has 0 bridgehead atoms. The van der Waals surface area contributed by atoms with Gasteiger partial charge in [-0.15, -0.1) is 0 Å². The number of ether oxygens (including phenoxy) is 1. The molecule has 1 aromatic heterocycles. The van der Waals surface area contributed by atoms with Gasteiger partial charge in [-0.05, 0) is 40.5 Å². The molecule has 0 radical (unpaired) electrons. The maximum atomic E-state index is 5.18. The second-order valence-corrected chi connectivity index (χ2v) is 3.89. The number of benzene rings is 1. The summed E-state index contributed by atoms with van der Waals surface area (Å²) in [7, 11) is 1.66. The third-order valence-electron chi connectivity index (χ3n) is 2.29. The first-order valence-electron chi connectivity index (χ1n) is 4.74. The Kier molecular flexibility index (Phi) is 2.86. The molecular weight excluding hydrogens is 256 g/mol. The van der Waals surface area contributed by atoms with Crippen molar-refractivity contribution in [3.05, 3.63) is 28.6 Å². The maximum absolute atomic E-state index is 5.18. The Morgan fingerprint density at radius 2 is 2.13 bits per heavy atom. The minimum Gasteiger partial charge on any atom is -0.497 e. The highest BCUT2D eigenvalue weighted by Crippen LogP contribution is 2.23. The molecule has 3 nitrogen and oxygen atoms in total. The summed E-state index contributed by atoms with van der Waals surface area (Å²) in [4.78, 5) is 8.65. The Bertz CT molecular complexity index is 499. The van der Waals surface area contributed by atoms with E-state index in [4.69, 9.17) is 4.74 Å². The third kappa shape index (κ3) is 1.95. The largest absolute Gasteiger partial charge is 0.497 e. The van der Waals surface area contributed by atoms with Crippen molar-refractivity contribution in [2.75, 3.05) is 7.11 Å². The Morgan fingerprint density at radius 3 is 2.80 bits per heavy atom. The zero-order valence-electron chi connectivity index (χ0n) is 8.62. The average Bonchev–Trinajstić information content (AvgIpc) is 2.27. The van der Waals surface area contributed by atoms with E-state index in [1.807, 2.05) is 18.2 Å². The predicted molar refractivity (Wildman–Crippen MR) is 63.2 cm³/mol. The van der Waals surface area contributed by atoms with Crippen molar-refractivity contribution in [3.8, 4) is 5.75 Å². The molecule has 4 heteroatoms. The molecule has 2 rings (SSSR count). The summed E-state index contributed by atoms with van der Waals surface area (Å²) in [6.45, 7) is 2.08. The second kappa shape index (κ2) is 4.14. The molecule has 0 atom stereocenters. The van der Waals surface area contributed by atoms with E-state index in [1.165, 1.54) is 0 Å². The van der Waals surface area contributed by atoms with E-state index in [0.717, 1.165) is 28.8 Å². The smallest absolute Gasteiger partial charge is 0.197 e. The molecule has 0 N–H and O–H groups in total. The fourth-order valence-electron chi connectivity index (χ4n) is 1.54. The van der Waals surface area contributed by atoms with E-state index in [2.05, 4.69) is 32.8 Å². The molecule has 0 aliphatic heterocycles. The van der Waals surface area contributed by atoms with Gasteiger partial charge in [-0.2, -0.15) is 0 Å². The van der Waals surface area contributed by atoms with Crippen molar-refractivity contribution < 1.29 is 4.74 Å². The molecule has 78 valence electrons. The van der Waals surface area contributed by atoms with Gasteiger partial charge >= 0.3 is 0 Å². The quantitative estimate of drug-likeness (QED) is 0.784. The molecule has 0 spiro atoms. The number of fused-ring (bicyclic) bond motifs is 1. The van der Waals surface area contributed by atoms with E-state index in [0.29, 0.717) is 4.73 Å². The molecular formula is C11H11BrN2O. The van der Waals surface area contributed by atoms with Gasteiger partial charge in [-0.25, -0.2) is 9.97 Å². The van der Waals surface area contributed by atoms with Crippen LogP contribution in [0.25, 0.3) is 10.9 Å². The van der Waals surface area contributed by atoms with Crippen molar-refractivity contribution in [3.63, 3.8) is 0 Å². The van der Waals surface area contributed by atoms with E-state index >= 15 is 0 Å². The number of aromatic nitrogens is 2. The molecule has 0 unspecified atom stereocenters. The lowest BCUT2D eigenvalue weighted by molar-refractivity contribution is 0.415. The van der Waals surface area contributed by atoms with Crippen LogP contribution in [0, 0.1) is 0 Å². The van der Waals surface area contributed by atoms with Crippen LogP contribution in [0.5, 0.6) is 5.75 Å². The number of aryl methyl sites for hydroxylation is 1. The van der Waals surface area contributed by atoms with E-state index in [9.17, 15) is 0 Å². The van der Waals surface area contributed by atoms with E-state index in [-0.39, 0.29) is 0 Å². The monoisotopic (exact) mass is 266 g/mol. The lowest BCUT2D eigenvalue weighted by Gasteiger charge is -2.06. The van der Waals surface area contributed by atoms with Gasteiger partial charge in [0, 0.05) is 5.39 Å². The molecule has 0 fully saturated rings. The summed E-state index contributed by atoms with van der Waals surface area (Å²) in [5, 5.41) is 1.06. The zero-order chi connectivity index (χ0) is 10.8. The summed E-state index contributed by atoms with van der Waals surface area (Å²) in [5.74, 6) is 0.836. The van der Waals surface area contributed by atoms with Gasteiger partial charge in [0.15, 0.2) is 4.73 Å². The van der Waals surface area contributed by atoms with Gasteiger partial charge in [-0.1, -0.05) is 6.92 Å². The summed E-state index contributed by atoms with van der Waals surface area (Å²) < 4.78 is 5.82. The Balaban J connectivity index is 2.73. The van der Waals surface area contributed by atoms with Crippen molar-refractivity contribution >= 4 is 26.8 Å². The van der Waals surface area contributed by atoms with Crippen LogP contribution < -0.4 is 4.74 Å². The van der Waals surface area contributed by atoms with Gasteiger partial charge in [0.05, 0.1) is 18.3 Å². The summed E-state index contributed by atoms with van der Waals surface area (Å²) >= 11 is 3.31. The van der Waals surface area contributed by atoms with Gasteiger partial charge in [-0.3, -0.25) is 0 Å².